The maximum atomic E-state index is 13.3. The number of pyridine rings is 2. The Morgan fingerprint density at radius 2 is 2.07 bits per heavy atom. The monoisotopic (exact) mass is 387 g/mol. The van der Waals surface area contributed by atoms with Crippen molar-refractivity contribution in [2.75, 3.05) is 5.32 Å². The summed E-state index contributed by atoms with van der Waals surface area (Å²) in [7, 11) is 1.83. The standard InChI is InChI=1S/C20H14FN7O/c1-28-18-5-11(2-3-17(18)26-27-28)16-10-24-19-15(16)4-12(7-23-19)20(29)25-14-6-13(21)8-22-9-14/h2-10H,1H3,(H,23,24)(H,25,29). The number of halogens is 1. The van der Waals surface area contributed by atoms with Crippen molar-refractivity contribution in [3.8, 4) is 11.1 Å². The second-order valence-corrected chi connectivity index (χ2v) is 6.59. The summed E-state index contributed by atoms with van der Waals surface area (Å²) in [5.41, 5.74) is 4.84. The van der Waals surface area contributed by atoms with E-state index in [0.717, 1.165) is 33.7 Å². The fraction of sp³-hybridized carbons (Fsp3) is 0.0500. The van der Waals surface area contributed by atoms with Crippen LogP contribution in [0, 0.1) is 5.82 Å². The van der Waals surface area contributed by atoms with Gasteiger partial charge in [0.25, 0.3) is 5.91 Å². The Kier molecular flexibility index (Phi) is 3.80. The van der Waals surface area contributed by atoms with Crippen molar-refractivity contribution in [1.82, 2.24) is 29.9 Å². The molecule has 2 N–H and O–H groups in total. The smallest absolute Gasteiger partial charge is 0.257 e. The zero-order chi connectivity index (χ0) is 20.0. The van der Waals surface area contributed by atoms with Crippen LogP contribution in [0.5, 0.6) is 0 Å². The summed E-state index contributed by atoms with van der Waals surface area (Å²) in [6.07, 6.45) is 5.77. The Morgan fingerprint density at radius 3 is 2.93 bits per heavy atom. The molecule has 0 saturated carbocycles. The lowest BCUT2D eigenvalue weighted by Gasteiger charge is -2.06. The number of anilines is 1. The number of carbonyl (C=O) groups excluding carboxylic acids is 1. The van der Waals surface area contributed by atoms with Crippen LogP contribution in [0.3, 0.4) is 0 Å². The van der Waals surface area contributed by atoms with Crippen LogP contribution in [-0.4, -0.2) is 35.9 Å². The van der Waals surface area contributed by atoms with Gasteiger partial charge in [-0.25, -0.2) is 14.1 Å². The van der Waals surface area contributed by atoms with Crippen LogP contribution < -0.4 is 5.32 Å². The van der Waals surface area contributed by atoms with Gasteiger partial charge in [-0.2, -0.15) is 0 Å². The van der Waals surface area contributed by atoms with Crippen LogP contribution in [-0.2, 0) is 7.05 Å². The van der Waals surface area contributed by atoms with Crippen molar-refractivity contribution in [2.24, 2.45) is 7.05 Å². The predicted molar refractivity (Wildman–Crippen MR) is 106 cm³/mol. The summed E-state index contributed by atoms with van der Waals surface area (Å²) in [5, 5.41) is 11.5. The van der Waals surface area contributed by atoms with Gasteiger partial charge in [0.2, 0.25) is 0 Å². The van der Waals surface area contributed by atoms with E-state index in [-0.39, 0.29) is 5.69 Å². The summed E-state index contributed by atoms with van der Waals surface area (Å²) in [6, 6.07) is 8.79. The van der Waals surface area contributed by atoms with E-state index in [4.69, 9.17) is 0 Å². The third-order valence-electron chi connectivity index (χ3n) is 4.68. The average molecular weight is 387 g/mol. The second kappa shape index (κ2) is 6.48. The summed E-state index contributed by atoms with van der Waals surface area (Å²) in [4.78, 5) is 23.8. The van der Waals surface area contributed by atoms with Gasteiger partial charge in [-0.15, -0.1) is 5.10 Å². The van der Waals surface area contributed by atoms with Crippen LogP contribution >= 0.6 is 0 Å². The number of rotatable bonds is 3. The van der Waals surface area contributed by atoms with E-state index in [1.807, 2.05) is 31.4 Å². The van der Waals surface area contributed by atoms with Gasteiger partial charge in [-0.05, 0) is 23.8 Å². The second-order valence-electron chi connectivity index (χ2n) is 6.59. The lowest BCUT2D eigenvalue weighted by atomic mass is 10.0. The van der Waals surface area contributed by atoms with Gasteiger partial charge in [0.05, 0.1) is 29.2 Å². The number of carbonyl (C=O) groups is 1. The first-order valence-electron chi connectivity index (χ1n) is 8.77. The van der Waals surface area contributed by atoms with Crippen molar-refractivity contribution >= 4 is 33.7 Å². The summed E-state index contributed by atoms with van der Waals surface area (Å²) < 4.78 is 15.0. The number of fused-ring (bicyclic) bond motifs is 2. The minimum atomic E-state index is -0.524. The van der Waals surface area contributed by atoms with Crippen LogP contribution in [0.2, 0.25) is 0 Å². The quantitative estimate of drug-likeness (QED) is 0.495. The molecule has 1 aromatic carbocycles. The Bertz CT molecular complexity index is 1390. The summed E-state index contributed by atoms with van der Waals surface area (Å²) >= 11 is 0. The number of benzene rings is 1. The molecule has 0 atom stereocenters. The third kappa shape index (κ3) is 2.98. The Balaban J connectivity index is 1.54. The number of hydrogen-bond donors (Lipinski definition) is 2. The van der Waals surface area contributed by atoms with Crippen LogP contribution in [0.4, 0.5) is 10.1 Å². The van der Waals surface area contributed by atoms with E-state index in [1.165, 1.54) is 18.5 Å². The molecule has 142 valence electrons. The Hall–Kier alpha value is -4.14. The number of nitrogens with zero attached hydrogens (tertiary/aromatic N) is 5. The van der Waals surface area contributed by atoms with Gasteiger partial charge in [0, 0.05) is 36.5 Å². The fourth-order valence-corrected chi connectivity index (χ4v) is 3.25. The molecule has 5 rings (SSSR count). The molecule has 0 bridgehead atoms. The molecule has 0 radical (unpaired) electrons. The molecule has 0 aliphatic carbocycles. The molecule has 29 heavy (non-hydrogen) atoms. The lowest BCUT2D eigenvalue weighted by molar-refractivity contribution is 0.102. The van der Waals surface area contributed by atoms with E-state index in [2.05, 4.69) is 30.6 Å². The molecule has 0 aliphatic rings. The molecule has 8 nitrogen and oxygen atoms in total. The number of nitrogens with one attached hydrogen (secondary N) is 2. The number of aryl methyl sites for hydroxylation is 1. The SMILES string of the molecule is Cn1nnc2ccc(-c3c[nH]c4ncc(C(=O)Nc5cncc(F)c5)cc34)cc21. The van der Waals surface area contributed by atoms with Crippen molar-refractivity contribution in [2.45, 2.75) is 0 Å². The third-order valence-corrected chi connectivity index (χ3v) is 4.68. The lowest BCUT2D eigenvalue weighted by Crippen LogP contribution is -2.12. The molecule has 5 aromatic rings. The van der Waals surface area contributed by atoms with Crippen molar-refractivity contribution in [1.29, 1.82) is 0 Å². The van der Waals surface area contributed by atoms with E-state index >= 15 is 0 Å². The van der Waals surface area contributed by atoms with Gasteiger partial charge in [-0.3, -0.25) is 9.78 Å². The Morgan fingerprint density at radius 1 is 1.17 bits per heavy atom. The predicted octanol–water partition coefficient (Wildman–Crippen LogP) is 3.30. The molecule has 0 unspecified atom stereocenters. The molecular formula is C20H14FN7O. The molecule has 4 heterocycles. The summed E-state index contributed by atoms with van der Waals surface area (Å²) in [6.45, 7) is 0. The number of aromatic amines is 1. The topological polar surface area (TPSA) is 101 Å². The highest BCUT2D eigenvalue weighted by molar-refractivity contribution is 6.07. The van der Waals surface area contributed by atoms with Gasteiger partial charge >= 0.3 is 0 Å². The first-order valence-corrected chi connectivity index (χ1v) is 8.77. The Labute approximate surface area is 163 Å². The highest BCUT2D eigenvalue weighted by Gasteiger charge is 2.14. The van der Waals surface area contributed by atoms with Crippen molar-refractivity contribution in [3.63, 3.8) is 0 Å². The number of H-pyrrole nitrogens is 1. The molecule has 0 saturated heterocycles. The first-order chi connectivity index (χ1) is 14.1. The van der Waals surface area contributed by atoms with Gasteiger partial charge in [0.15, 0.2) is 0 Å². The number of amides is 1. The minimum absolute atomic E-state index is 0.276. The molecule has 0 aliphatic heterocycles. The highest BCUT2D eigenvalue weighted by Crippen LogP contribution is 2.30. The zero-order valence-electron chi connectivity index (χ0n) is 15.2. The highest BCUT2D eigenvalue weighted by atomic mass is 19.1. The van der Waals surface area contributed by atoms with Gasteiger partial charge in [-0.1, -0.05) is 11.3 Å². The van der Waals surface area contributed by atoms with Gasteiger partial charge in [0.1, 0.15) is 17.0 Å². The molecule has 4 aromatic heterocycles. The normalized spacial score (nSPS) is 11.2. The number of aromatic nitrogens is 6. The van der Waals surface area contributed by atoms with Gasteiger partial charge < -0.3 is 10.3 Å². The van der Waals surface area contributed by atoms with E-state index < -0.39 is 11.7 Å². The van der Waals surface area contributed by atoms with E-state index in [0.29, 0.717) is 11.2 Å². The van der Waals surface area contributed by atoms with Crippen LogP contribution in [0.25, 0.3) is 33.2 Å². The largest absolute Gasteiger partial charge is 0.346 e. The minimum Gasteiger partial charge on any atom is -0.346 e. The van der Waals surface area contributed by atoms with Crippen molar-refractivity contribution < 1.29 is 9.18 Å². The molecular weight excluding hydrogens is 373 g/mol. The molecule has 0 fully saturated rings. The maximum absolute atomic E-state index is 13.3. The van der Waals surface area contributed by atoms with Crippen LogP contribution in [0.15, 0.2) is 55.1 Å². The molecule has 1 amide bonds. The van der Waals surface area contributed by atoms with E-state index in [1.54, 1.807) is 10.7 Å². The summed E-state index contributed by atoms with van der Waals surface area (Å²) in [5.74, 6) is -0.922. The maximum Gasteiger partial charge on any atom is 0.257 e. The first kappa shape index (κ1) is 17.0. The molecule has 0 spiro atoms. The van der Waals surface area contributed by atoms with Crippen molar-refractivity contribution in [3.05, 3.63) is 66.5 Å². The van der Waals surface area contributed by atoms with E-state index in [9.17, 15) is 9.18 Å². The fourth-order valence-electron chi connectivity index (χ4n) is 3.25. The zero-order valence-corrected chi connectivity index (χ0v) is 15.2. The van der Waals surface area contributed by atoms with Crippen LogP contribution in [0.1, 0.15) is 10.4 Å². The average Bonchev–Trinajstić information content (AvgIpc) is 3.31. The molecule has 9 heteroatoms. The number of hydrogen-bond acceptors (Lipinski definition) is 5.